The van der Waals surface area contributed by atoms with Gasteiger partial charge in [0.2, 0.25) is 11.8 Å². The van der Waals surface area contributed by atoms with E-state index >= 15 is 0 Å². The second-order valence-electron chi connectivity index (χ2n) is 2.55. The van der Waals surface area contributed by atoms with Crippen LogP contribution in [0.1, 0.15) is 0 Å². The highest BCUT2D eigenvalue weighted by Crippen LogP contribution is 1.96. The van der Waals surface area contributed by atoms with Crippen molar-refractivity contribution in [2.75, 3.05) is 20.1 Å². The fraction of sp³-hybridized carbons (Fsp3) is 0.667. The molecule has 70 valence electrons. The van der Waals surface area contributed by atoms with E-state index in [-0.39, 0.29) is 18.3 Å². The molecular weight excluding hydrogens is 182 g/mol. The van der Waals surface area contributed by atoms with Crippen LogP contribution >= 0.6 is 12.4 Å². The molecule has 0 saturated carbocycles. The van der Waals surface area contributed by atoms with E-state index in [2.05, 4.69) is 5.32 Å². The van der Waals surface area contributed by atoms with E-state index in [4.69, 9.17) is 5.73 Å². The van der Waals surface area contributed by atoms with Crippen LogP contribution in [0.2, 0.25) is 0 Å². The number of hydrogen-bond donors (Lipinski definition) is 2. The maximum atomic E-state index is 11.1. The molecule has 1 aliphatic heterocycles. The minimum atomic E-state index is -0.825. The van der Waals surface area contributed by atoms with Gasteiger partial charge in [0.05, 0.1) is 0 Å². The zero-order chi connectivity index (χ0) is 8.43. The van der Waals surface area contributed by atoms with Crippen molar-refractivity contribution >= 4 is 24.2 Å². The fourth-order valence-electron chi connectivity index (χ4n) is 1.02. The van der Waals surface area contributed by atoms with Crippen LogP contribution in [0.5, 0.6) is 0 Å². The van der Waals surface area contributed by atoms with Crippen molar-refractivity contribution in [3.05, 3.63) is 0 Å². The molecule has 5 nitrogen and oxygen atoms in total. The molecule has 0 aliphatic carbocycles. The largest absolute Gasteiger partial charge is 0.368 e. The summed E-state index contributed by atoms with van der Waals surface area (Å²) in [6, 6.07) is -0.825. The molecule has 0 bridgehead atoms. The smallest absolute Gasteiger partial charge is 0.249 e. The van der Waals surface area contributed by atoms with Crippen LogP contribution < -0.4 is 11.1 Å². The Kier molecular flexibility index (Phi) is 3.99. The predicted octanol–water partition coefficient (Wildman–Crippen LogP) is -1.68. The number of nitrogens with two attached hydrogens (primary N) is 1. The van der Waals surface area contributed by atoms with Crippen molar-refractivity contribution in [2.45, 2.75) is 6.04 Å². The molecule has 6 heteroatoms. The first-order valence-corrected chi connectivity index (χ1v) is 3.40. The lowest BCUT2D eigenvalue weighted by molar-refractivity contribution is -0.139. The highest BCUT2D eigenvalue weighted by molar-refractivity contribution is 6.04. The molecule has 1 atom stereocenters. The minimum Gasteiger partial charge on any atom is -0.368 e. The number of likely N-dealkylation sites (N-methyl/N-ethyl adjacent to an activating group) is 1. The molecule has 1 heterocycles. The third kappa shape index (κ3) is 2.09. The summed E-state index contributed by atoms with van der Waals surface area (Å²) in [4.78, 5) is 23.2. The van der Waals surface area contributed by atoms with Gasteiger partial charge in [-0.15, -0.1) is 12.4 Å². The number of amides is 2. The predicted molar refractivity (Wildman–Crippen MR) is 45.9 cm³/mol. The van der Waals surface area contributed by atoms with Crippen LogP contribution in [0.4, 0.5) is 0 Å². The van der Waals surface area contributed by atoms with E-state index in [0.717, 1.165) is 0 Å². The van der Waals surface area contributed by atoms with Crippen LogP contribution in [0, 0.1) is 0 Å². The quantitative estimate of drug-likeness (QED) is 0.489. The second-order valence-corrected chi connectivity index (χ2v) is 2.55. The molecule has 3 N–H and O–H groups in total. The molecule has 2 amide bonds. The monoisotopic (exact) mass is 193 g/mol. The summed E-state index contributed by atoms with van der Waals surface area (Å²) >= 11 is 0. The Morgan fingerprint density at radius 2 is 2.33 bits per heavy atom. The van der Waals surface area contributed by atoms with Crippen molar-refractivity contribution in [1.82, 2.24) is 10.2 Å². The summed E-state index contributed by atoms with van der Waals surface area (Å²) in [5.74, 6) is -0.856. The highest BCUT2D eigenvalue weighted by atomic mass is 35.5. The van der Waals surface area contributed by atoms with Gasteiger partial charge in [0.25, 0.3) is 0 Å². The lowest BCUT2D eigenvalue weighted by Gasteiger charge is -2.28. The number of primary amides is 1. The minimum absolute atomic E-state index is 0. The van der Waals surface area contributed by atoms with Crippen molar-refractivity contribution < 1.29 is 9.59 Å². The lowest BCUT2D eigenvalue weighted by Crippen LogP contribution is -2.58. The average molecular weight is 194 g/mol. The molecule has 1 saturated heterocycles. The first-order valence-electron chi connectivity index (χ1n) is 3.40. The third-order valence-corrected chi connectivity index (χ3v) is 1.70. The van der Waals surface area contributed by atoms with Gasteiger partial charge in [-0.05, 0) is 0 Å². The van der Waals surface area contributed by atoms with E-state index in [1.165, 1.54) is 4.90 Å². The standard InChI is InChI=1S/C6H11N3O2.ClH/c1-9-3-2-8-4(5(7)10)6(9)11;/h4,8H,2-3H2,1H3,(H2,7,10);1H. The van der Waals surface area contributed by atoms with E-state index in [9.17, 15) is 9.59 Å². The van der Waals surface area contributed by atoms with Gasteiger partial charge in [0, 0.05) is 20.1 Å². The Labute approximate surface area is 76.7 Å². The number of piperazine rings is 1. The molecule has 1 rings (SSSR count). The van der Waals surface area contributed by atoms with Gasteiger partial charge < -0.3 is 10.6 Å². The van der Waals surface area contributed by atoms with Gasteiger partial charge >= 0.3 is 0 Å². The summed E-state index contributed by atoms with van der Waals surface area (Å²) in [6.45, 7) is 1.25. The number of carbonyl (C=O) groups excluding carboxylic acids is 2. The maximum absolute atomic E-state index is 11.1. The number of carbonyl (C=O) groups is 2. The maximum Gasteiger partial charge on any atom is 0.249 e. The zero-order valence-electron chi connectivity index (χ0n) is 6.74. The SMILES string of the molecule is CN1CCNC(C(N)=O)C1=O.Cl. The molecule has 0 aromatic carbocycles. The van der Waals surface area contributed by atoms with Crippen molar-refractivity contribution in [3.63, 3.8) is 0 Å². The molecule has 12 heavy (non-hydrogen) atoms. The van der Waals surface area contributed by atoms with Crippen LogP contribution in [0.3, 0.4) is 0 Å². The van der Waals surface area contributed by atoms with Gasteiger partial charge in [-0.3, -0.25) is 14.9 Å². The van der Waals surface area contributed by atoms with E-state index in [1.807, 2.05) is 0 Å². The van der Waals surface area contributed by atoms with Gasteiger partial charge in [0.15, 0.2) is 6.04 Å². The van der Waals surface area contributed by atoms with E-state index in [1.54, 1.807) is 7.05 Å². The van der Waals surface area contributed by atoms with Gasteiger partial charge in [-0.25, -0.2) is 0 Å². The molecule has 1 fully saturated rings. The van der Waals surface area contributed by atoms with Crippen molar-refractivity contribution in [3.8, 4) is 0 Å². The third-order valence-electron chi connectivity index (χ3n) is 1.70. The van der Waals surface area contributed by atoms with Crippen molar-refractivity contribution in [1.29, 1.82) is 0 Å². The van der Waals surface area contributed by atoms with E-state index in [0.29, 0.717) is 13.1 Å². The number of nitrogens with zero attached hydrogens (tertiary/aromatic N) is 1. The molecule has 1 aliphatic rings. The number of halogens is 1. The molecular formula is C6H12ClN3O2. The van der Waals surface area contributed by atoms with Gasteiger partial charge in [0.1, 0.15) is 0 Å². The summed E-state index contributed by atoms with van der Waals surface area (Å²) in [6.07, 6.45) is 0. The van der Waals surface area contributed by atoms with Gasteiger partial charge in [-0.2, -0.15) is 0 Å². The average Bonchev–Trinajstić information content (AvgIpc) is 1.94. The summed E-state index contributed by atoms with van der Waals surface area (Å²) < 4.78 is 0. The Morgan fingerprint density at radius 1 is 1.75 bits per heavy atom. The first-order chi connectivity index (χ1) is 5.13. The Morgan fingerprint density at radius 3 is 2.75 bits per heavy atom. The Balaban J connectivity index is 0.00000121. The normalized spacial score (nSPS) is 23.2. The summed E-state index contributed by atoms with van der Waals surface area (Å²) in [5.41, 5.74) is 4.97. The molecule has 0 aromatic heterocycles. The number of nitrogens with one attached hydrogen (secondary N) is 1. The summed E-state index contributed by atoms with van der Waals surface area (Å²) in [7, 11) is 1.65. The van der Waals surface area contributed by atoms with Crippen LogP contribution in [0.15, 0.2) is 0 Å². The summed E-state index contributed by atoms with van der Waals surface area (Å²) in [5, 5.41) is 2.73. The molecule has 1 unspecified atom stereocenters. The van der Waals surface area contributed by atoms with E-state index < -0.39 is 11.9 Å². The Bertz CT molecular complexity index is 197. The molecule has 0 radical (unpaired) electrons. The number of rotatable bonds is 1. The zero-order valence-corrected chi connectivity index (χ0v) is 7.56. The highest BCUT2D eigenvalue weighted by Gasteiger charge is 2.29. The molecule has 0 aromatic rings. The first kappa shape index (κ1) is 11.2. The van der Waals surface area contributed by atoms with Gasteiger partial charge in [-0.1, -0.05) is 0 Å². The molecule has 0 spiro atoms. The number of hydrogen-bond acceptors (Lipinski definition) is 3. The van der Waals surface area contributed by atoms with Crippen LogP contribution in [-0.2, 0) is 9.59 Å². The fourth-order valence-corrected chi connectivity index (χ4v) is 1.02. The lowest BCUT2D eigenvalue weighted by atomic mass is 10.2. The Hall–Kier alpha value is -0.810. The van der Waals surface area contributed by atoms with Crippen LogP contribution in [-0.4, -0.2) is 42.9 Å². The van der Waals surface area contributed by atoms with Crippen molar-refractivity contribution in [2.24, 2.45) is 5.73 Å². The topological polar surface area (TPSA) is 75.4 Å². The second kappa shape index (κ2) is 4.27. The van der Waals surface area contributed by atoms with Crippen LogP contribution in [0.25, 0.3) is 0 Å².